The number of aromatic amines is 1. The van der Waals surface area contributed by atoms with Crippen molar-refractivity contribution in [3.8, 4) is 11.3 Å². The van der Waals surface area contributed by atoms with E-state index in [1.807, 2.05) is 36.4 Å². The summed E-state index contributed by atoms with van der Waals surface area (Å²) in [6.45, 7) is 0. The van der Waals surface area contributed by atoms with Crippen LogP contribution in [0.5, 0.6) is 0 Å². The molecule has 0 aliphatic heterocycles. The molecular weight excluding hydrogens is 318 g/mol. The third-order valence-electron chi connectivity index (χ3n) is 3.89. The second-order valence-electron chi connectivity index (χ2n) is 5.51. The zero-order valence-corrected chi connectivity index (χ0v) is 13.0. The molecule has 1 N–H and O–H groups in total. The number of aromatic nitrogens is 2. The van der Waals surface area contributed by atoms with Gasteiger partial charge in [-0.25, -0.2) is 0 Å². The smallest absolute Gasteiger partial charge is 0.343 e. The Morgan fingerprint density at radius 3 is 2.56 bits per heavy atom. The van der Waals surface area contributed by atoms with Gasteiger partial charge in [0.15, 0.2) is 5.69 Å². The first-order valence-electron chi connectivity index (χ1n) is 7.68. The van der Waals surface area contributed by atoms with Gasteiger partial charge in [0.05, 0.1) is 4.92 Å². The second-order valence-corrected chi connectivity index (χ2v) is 5.51. The van der Waals surface area contributed by atoms with Crippen LogP contribution in [0.4, 0.5) is 5.69 Å². The molecule has 2 aromatic carbocycles. The molecule has 0 spiro atoms. The average molecular weight is 331 g/mol. The van der Waals surface area contributed by atoms with Crippen molar-refractivity contribution >= 4 is 28.7 Å². The lowest BCUT2D eigenvalue weighted by Crippen LogP contribution is -1.91. The number of nitro groups is 1. The summed E-state index contributed by atoms with van der Waals surface area (Å²) >= 11 is 0. The third kappa shape index (κ3) is 2.81. The summed E-state index contributed by atoms with van der Waals surface area (Å²) in [5.41, 5.74) is 2.55. The van der Waals surface area contributed by atoms with Gasteiger partial charge in [0.2, 0.25) is 5.76 Å². The molecule has 0 amide bonds. The molecule has 4 aromatic rings. The van der Waals surface area contributed by atoms with Gasteiger partial charge in [-0.2, -0.15) is 0 Å². The molecule has 0 aliphatic carbocycles. The lowest BCUT2D eigenvalue weighted by molar-refractivity contribution is -0.384. The molecule has 6 nitrogen and oxygen atoms in total. The van der Waals surface area contributed by atoms with Crippen molar-refractivity contribution in [3.05, 3.63) is 82.2 Å². The molecular formula is C19H13N3O3. The van der Waals surface area contributed by atoms with E-state index in [0.717, 1.165) is 16.6 Å². The van der Waals surface area contributed by atoms with E-state index >= 15 is 0 Å². The first kappa shape index (κ1) is 14.9. The zero-order valence-electron chi connectivity index (χ0n) is 13.0. The van der Waals surface area contributed by atoms with Crippen LogP contribution in [-0.4, -0.2) is 15.1 Å². The number of nitrogens with zero attached hydrogens (tertiary/aromatic N) is 2. The van der Waals surface area contributed by atoms with Crippen LogP contribution in [0.1, 0.15) is 11.5 Å². The van der Waals surface area contributed by atoms with E-state index in [9.17, 15) is 10.1 Å². The van der Waals surface area contributed by atoms with E-state index < -0.39 is 4.92 Å². The largest absolute Gasteiger partial charge is 0.355 e. The van der Waals surface area contributed by atoms with Crippen LogP contribution < -0.4 is 0 Å². The number of rotatable bonds is 4. The summed E-state index contributed by atoms with van der Waals surface area (Å²) in [5, 5.41) is 16.4. The standard InChI is InChI=1S/C19H13N3O3/c23-22(24)19-17(25-21-18(19)13-6-2-1-3-7-13)11-10-15-12-14-8-4-5-9-16(14)20-15/h1-12,20H/b11-10-. The predicted octanol–water partition coefficient (Wildman–Crippen LogP) is 4.90. The first-order chi connectivity index (χ1) is 12.2. The van der Waals surface area contributed by atoms with Gasteiger partial charge in [-0.05, 0) is 29.7 Å². The maximum absolute atomic E-state index is 11.5. The maximum Gasteiger partial charge on any atom is 0.343 e. The van der Waals surface area contributed by atoms with Gasteiger partial charge in [-0.15, -0.1) is 0 Å². The van der Waals surface area contributed by atoms with Crippen LogP contribution in [0.3, 0.4) is 0 Å². The molecule has 25 heavy (non-hydrogen) atoms. The van der Waals surface area contributed by atoms with Crippen LogP contribution in [0.15, 0.2) is 65.2 Å². The minimum absolute atomic E-state index is 0.113. The fourth-order valence-corrected chi connectivity index (χ4v) is 2.72. The highest BCUT2D eigenvalue weighted by Crippen LogP contribution is 2.33. The molecule has 2 heterocycles. The van der Waals surface area contributed by atoms with Gasteiger partial charge >= 0.3 is 5.69 Å². The van der Waals surface area contributed by atoms with Crippen LogP contribution in [0.2, 0.25) is 0 Å². The Morgan fingerprint density at radius 1 is 1.04 bits per heavy atom. The molecule has 6 heteroatoms. The molecule has 0 aliphatic rings. The van der Waals surface area contributed by atoms with Crippen molar-refractivity contribution in [2.75, 3.05) is 0 Å². The minimum atomic E-state index is -0.469. The topological polar surface area (TPSA) is 85.0 Å². The monoisotopic (exact) mass is 331 g/mol. The summed E-state index contributed by atoms with van der Waals surface area (Å²) in [4.78, 5) is 14.3. The predicted molar refractivity (Wildman–Crippen MR) is 95.8 cm³/mol. The van der Waals surface area contributed by atoms with Crippen LogP contribution in [0, 0.1) is 10.1 Å². The van der Waals surface area contributed by atoms with Crippen molar-refractivity contribution < 1.29 is 9.45 Å². The summed E-state index contributed by atoms with van der Waals surface area (Å²) in [7, 11) is 0. The maximum atomic E-state index is 11.5. The van der Waals surface area contributed by atoms with Crippen LogP contribution in [-0.2, 0) is 0 Å². The molecule has 0 atom stereocenters. The molecule has 0 unspecified atom stereocenters. The average Bonchev–Trinajstić information content (AvgIpc) is 3.24. The highest BCUT2D eigenvalue weighted by atomic mass is 16.6. The lowest BCUT2D eigenvalue weighted by Gasteiger charge is -1.94. The van der Waals surface area contributed by atoms with E-state index in [2.05, 4.69) is 10.1 Å². The van der Waals surface area contributed by atoms with Crippen molar-refractivity contribution in [1.82, 2.24) is 10.1 Å². The van der Waals surface area contributed by atoms with E-state index in [4.69, 9.17) is 4.52 Å². The Balaban J connectivity index is 1.73. The highest BCUT2D eigenvalue weighted by Gasteiger charge is 2.26. The van der Waals surface area contributed by atoms with Gasteiger partial charge in [0, 0.05) is 16.8 Å². The molecule has 0 saturated heterocycles. The molecule has 0 radical (unpaired) electrons. The quantitative estimate of drug-likeness (QED) is 0.425. The van der Waals surface area contributed by atoms with E-state index in [0.29, 0.717) is 5.56 Å². The van der Waals surface area contributed by atoms with Crippen LogP contribution >= 0.6 is 0 Å². The zero-order chi connectivity index (χ0) is 17.2. The number of benzene rings is 2. The Bertz CT molecular complexity index is 1040. The third-order valence-corrected chi connectivity index (χ3v) is 3.89. The van der Waals surface area contributed by atoms with Gasteiger partial charge in [-0.3, -0.25) is 10.1 Å². The highest BCUT2D eigenvalue weighted by molar-refractivity contribution is 5.85. The van der Waals surface area contributed by atoms with Gasteiger partial charge in [-0.1, -0.05) is 53.7 Å². The SMILES string of the molecule is O=[N+]([O-])c1c(-c2ccccc2)noc1/C=C\c1cc2ccccc2[nH]1. The Labute approximate surface area is 142 Å². The molecule has 4 rings (SSSR count). The van der Waals surface area contributed by atoms with Crippen molar-refractivity contribution in [3.63, 3.8) is 0 Å². The summed E-state index contributed by atoms with van der Waals surface area (Å²) in [6, 6.07) is 18.8. The molecule has 2 aromatic heterocycles. The van der Waals surface area contributed by atoms with E-state index in [1.54, 1.807) is 36.4 Å². The van der Waals surface area contributed by atoms with Crippen LogP contribution in [0.25, 0.3) is 34.3 Å². The fraction of sp³-hybridized carbons (Fsp3) is 0. The number of hydrogen-bond acceptors (Lipinski definition) is 4. The molecule has 0 bridgehead atoms. The van der Waals surface area contributed by atoms with E-state index in [-0.39, 0.29) is 17.1 Å². The Hall–Kier alpha value is -3.67. The molecule has 0 saturated carbocycles. The lowest BCUT2D eigenvalue weighted by atomic mass is 10.1. The number of H-pyrrole nitrogens is 1. The second kappa shape index (κ2) is 6.09. The van der Waals surface area contributed by atoms with Gasteiger partial charge in [0.25, 0.3) is 0 Å². The summed E-state index contributed by atoms with van der Waals surface area (Å²) in [6.07, 6.45) is 3.30. The Morgan fingerprint density at radius 2 is 1.80 bits per heavy atom. The summed E-state index contributed by atoms with van der Waals surface area (Å²) < 4.78 is 5.21. The number of fused-ring (bicyclic) bond motifs is 1. The first-order valence-corrected chi connectivity index (χ1v) is 7.68. The normalized spacial score (nSPS) is 11.4. The summed E-state index contributed by atoms with van der Waals surface area (Å²) in [5.74, 6) is 0.113. The van der Waals surface area contributed by atoms with Crippen molar-refractivity contribution in [2.45, 2.75) is 0 Å². The number of nitrogens with one attached hydrogen (secondary N) is 1. The molecule has 0 fully saturated rings. The minimum Gasteiger partial charge on any atom is -0.355 e. The van der Waals surface area contributed by atoms with Gasteiger partial charge in [0.1, 0.15) is 0 Å². The van der Waals surface area contributed by atoms with E-state index in [1.165, 1.54) is 0 Å². The molecule has 122 valence electrons. The van der Waals surface area contributed by atoms with Gasteiger partial charge < -0.3 is 9.51 Å². The fourth-order valence-electron chi connectivity index (χ4n) is 2.72. The Kier molecular flexibility index (Phi) is 3.63. The number of hydrogen-bond donors (Lipinski definition) is 1. The number of para-hydroxylation sites is 1. The van der Waals surface area contributed by atoms with Crippen molar-refractivity contribution in [1.29, 1.82) is 0 Å². The van der Waals surface area contributed by atoms with Crippen molar-refractivity contribution in [2.24, 2.45) is 0 Å².